The van der Waals surface area contributed by atoms with Crippen LogP contribution >= 0.6 is 11.6 Å². The summed E-state index contributed by atoms with van der Waals surface area (Å²) in [6.07, 6.45) is 3.11. The minimum absolute atomic E-state index is 0.0807. The van der Waals surface area contributed by atoms with E-state index >= 15 is 0 Å². The number of rotatable bonds is 7. The Kier molecular flexibility index (Phi) is 6.66. The molecule has 1 nitrogen and oxygen atoms in total. The number of hydrogen-bond acceptors (Lipinski definition) is 1. The van der Waals surface area contributed by atoms with Gasteiger partial charge in [0, 0.05) is 16.6 Å². The Morgan fingerprint density at radius 1 is 1.33 bits per heavy atom. The molecule has 2 unspecified atom stereocenters. The van der Waals surface area contributed by atoms with Crippen molar-refractivity contribution in [3.63, 3.8) is 0 Å². The molecule has 0 amide bonds. The van der Waals surface area contributed by atoms with Gasteiger partial charge in [-0.2, -0.15) is 0 Å². The predicted octanol–water partition coefficient (Wildman–Crippen LogP) is 4.96. The minimum Gasteiger partial charge on any atom is -0.310 e. The van der Waals surface area contributed by atoms with E-state index in [1.807, 2.05) is 0 Å². The van der Waals surface area contributed by atoms with E-state index in [-0.39, 0.29) is 11.9 Å². The predicted molar refractivity (Wildman–Crippen MR) is 76.5 cm³/mol. The molecule has 0 aliphatic carbocycles. The van der Waals surface area contributed by atoms with E-state index in [0.29, 0.717) is 10.9 Å². The highest BCUT2D eigenvalue weighted by Gasteiger charge is 2.17. The zero-order valence-electron chi connectivity index (χ0n) is 11.5. The van der Waals surface area contributed by atoms with E-state index in [0.717, 1.165) is 31.4 Å². The maximum Gasteiger partial charge on any atom is 0.129 e. The molecular formula is C15H23ClFN. The van der Waals surface area contributed by atoms with Crippen LogP contribution in [0.1, 0.15) is 51.6 Å². The Hall–Kier alpha value is -0.600. The van der Waals surface area contributed by atoms with Crippen LogP contribution in [-0.2, 0) is 0 Å². The topological polar surface area (TPSA) is 12.0 Å². The first-order valence-electron chi connectivity index (χ1n) is 6.76. The Bertz CT molecular complexity index is 368. The van der Waals surface area contributed by atoms with Crippen LogP contribution < -0.4 is 5.32 Å². The second-order valence-corrected chi connectivity index (χ2v) is 5.36. The second kappa shape index (κ2) is 7.75. The summed E-state index contributed by atoms with van der Waals surface area (Å²) in [7, 11) is 0. The number of nitrogens with one attached hydrogen (secondary N) is 1. The lowest BCUT2D eigenvalue weighted by atomic mass is 9.94. The van der Waals surface area contributed by atoms with E-state index < -0.39 is 0 Å². The largest absolute Gasteiger partial charge is 0.310 e. The zero-order valence-corrected chi connectivity index (χ0v) is 12.2. The molecule has 1 rings (SSSR count). The van der Waals surface area contributed by atoms with Crippen molar-refractivity contribution in [2.75, 3.05) is 6.54 Å². The van der Waals surface area contributed by atoms with Gasteiger partial charge in [0.1, 0.15) is 5.82 Å². The molecule has 1 N–H and O–H groups in total. The lowest BCUT2D eigenvalue weighted by Gasteiger charge is -2.22. The van der Waals surface area contributed by atoms with Gasteiger partial charge in [-0.05, 0) is 37.4 Å². The Morgan fingerprint density at radius 3 is 2.61 bits per heavy atom. The van der Waals surface area contributed by atoms with E-state index in [9.17, 15) is 4.39 Å². The molecule has 1 aromatic carbocycles. The van der Waals surface area contributed by atoms with Crippen molar-refractivity contribution in [2.45, 2.75) is 46.1 Å². The fourth-order valence-electron chi connectivity index (χ4n) is 1.99. The first kappa shape index (κ1) is 15.5. The van der Waals surface area contributed by atoms with Crippen LogP contribution in [0.2, 0.25) is 5.02 Å². The highest BCUT2D eigenvalue weighted by Crippen LogP contribution is 2.26. The quantitative estimate of drug-likeness (QED) is 0.739. The van der Waals surface area contributed by atoms with Crippen molar-refractivity contribution in [1.29, 1.82) is 0 Å². The molecule has 2 atom stereocenters. The molecule has 0 fully saturated rings. The molecule has 1 aromatic rings. The van der Waals surface area contributed by atoms with E-state index in [1.165, 1.54) is 6.07 Å². The third-order valence-electron chi connectivity index (χ3n) is 3.31. The molecule has 0 aliphatic heterocycles. The van der Waals surface area contributed by atoms with Crippen LogP contribution in [0.15, 0.2) is 18.2 Å². The summed E-state index contributed by atoms with van der Waals surface area (Å²) in [5, 5.41) is 3.88. The van der Waals surface area contributed by atoms with Crippen molar-refractivity contribution >= 4 is 11.6 Å². The first-order chi connectivity index (χ1) is 8.58. The van der Waals surface area contributed by atoms with Gasteiger partial charge >= 0.3 is 0 Å². The average Bonchev–Trinajstić information content (AvgIpc) is 2.34. The molecule has 102 valence electrons. The van der Waals surface area contributed by atoms with Crippen LogP contribution in [0.25, 0.3) is 0 Å². The van der Waals surface area contributed by atoms with Gasteiger partial charge in [-0.3, -0.25) is 0 Å². The molecule has 0 bridgehead atoms. The fraction of sp³-hybridized carbons (Fsp3) is 0.600. The fourth-order valence-corrected chi connectivity index (χ4v) is 2.15. The Labute approximate surface area is 115 Å². The van der Waals surface area contributed by atoms with E-state index in [4.69, 9.17) is 11.6 Å². The number of benzene rings is 1. The van der Waals surface area contributed by atoms with Gasteiger partial charge in [0.15, 0.2) is 0 Å². The van der Waals surface area contributed by atoms with Gasteiger partial charge in [0.25, 0.3) is 0 Å². The third-order valence-corrected chi connectivity index (χ3v) is 3.55. The van der Waals surface area contributed by atoms with Crippen molar-refractivity contribution in [1.82, 2.24) is 5.32 Å². The van der Waals surface area contributed by atoms with Crippen molar-refractivity contribution in [3.05, 3.63) is 34.6 Å². The summed E-state index contributed by atoms with van der Waals surface area (Å²) in [5.41, 5.74) is 0.730. The molecule has 0 spiro atoms. The maximum absolute atomic E-state index is 14.0. The summed E-state index contributed by atoms with van der Waals surface area (Å²) < 4.78 is 14.0. The molecule has 18 heavy (non-hydrogen) atoms. The van der Waals surface area contributed by atoms with Crippen LogP contribution in [0, 0.1) is 11.7 Å². The van der Waals surface area contributed by atoms with Crippen LogP contribution in [0.5, 0.6) is 0 Å². The standard InChI is InChI=1S/C15H23ClFN/c1-4-8-18-15(9-11(3)5-2)13-7-6-12(16)10-14(13)17/h6-7,10-11,15,18H,4-5,8-9H2,1-3H3. The van der Waals surface area contributed by atoms with Crippen LogP contribution in [0.3, 0.4) is 0 Å². The summed E-state index contributed by atoms with van der Waals surface area (Å²) in [6.45, 7) is 7.39. The molecular weight excluding hydrogens is 249 g/mol. The molecule has 0 heterocycles. The molecule has 0 saturated carbocycles. The van der Waals surface area contributed by atoms with E-state index in [1.54, 1.807) is 12.1 Å². The Morgan fingerprint density at radius 2 is 2.06 bits per heavy atom. The van der Waals surface area contributed by atoms with Gasteiger partial charge in [0.05, 0.1) is 0 Å². The highest BCUT2D eigenvalue weighted by molar-refractivity contribution is 6.30. The summed E-state index contributed by atoms with van der Waals surface area (Å²) in [5.74, 6) is 0.369. The van der Waals surface area contributed by atoms with Gasteiger partial charge in [-0.15, -0.1) is 0 Å². The summed E-state index contributed by atoms with van der Waals surface area (Å²) in [4.78, 5) is 0. The molecule has 0 aromatic heterocycles. The van der Waals surface area contributed by atoms with Crippen molar-refractivity contribution in [3.8, 4) is 0 Å². The average molecular weight is 272 g/mol. The second-order valence-electron chi connectivity index (χ2n) is 4.92. The van der Waals surface area contributed by atoms with Crippen LogP contribution in [0.4, 0.5) is 4.39 Å². The number of halogens is 2. The lowest BCUT2D eigenvalue weighted by Crippen LogP contribution is -2.24. The van der Waals surface area contributed by atoms with Crippen LogP contribution in [-0.4, -0.2) is 6.54 Å². The normalized spacial score (nSPS) is 14.5. The minimum atomic E-state index is -0.209. The SMILES string of the molecule is CCCNC(CC(C)CC)c1ccc(Cl)cc1F. The molecule has 0 aliphatic rings. The first-order valence-corrected chi connectivity index (χ1v) is 7.14. The number of hydrogen-bond donors (Lipinski definition) is 1. The van der Waals surface area contributed by atoms with E-state index in [2.05, 4.69) is 26.1 Å². The maximum atomic E-state index is 14.0. The smallest absolute Gasteiger partial charge is 0.129 e. The summed E-state index contributed by atoms with van der Waals surface area (Å²) in [6, 6.07) is 5.04. The molecule has 0 radical (unpaired) electrons. The van der Waals surface area contributed by atoms with Gasteiger partial charge < -0.3 is 5.32 Å². The van der Waals surface area contributed by atoms with Gasteiger partial charge in [-0.1, -0.05) is 44.9 Å². The van der Waals surface area contributed by atoms with Gasteiger partial charge in [0.2, 0.25) is 0 Å². The summed E-state index contributed by atoms with van der Waals surface area (Å²) >= 11 is 5.80. The Balaban J connectivity index is 2.86. The third kappa shape index (κ3) is 4.58. The molecule has 0 saturated heterocycles. The van der Waals surface area contributed by atoms with Gasteiger partial charge in [-0.25, -0.2) is 4.39 Å². The van der Waals surface area contributed by atoms with Crippen molar-refractivity contribution in [2.24, 2.45) is 5.92 Å². The highest BCUT2D eigenvalue weighted by atomic mass is 35.5. The monoisotopic (exact) mass is 271 g/mol. The molecule has 3 heteroatoms. The lowest BCUT2D eigenvalue weighted by molar-refractivity contribution is 0.392. The zero-order chi connectivity index (χ0) is 13.5. The van der Waals surface area contributed by atoms with Crippen molar-refractivity contribution < 1.29 is 4.39 Å².